The van der Waals surface area contributed by atoms with Crippen LogP contribution in [0.4, 0.5) is 4.39 Å². The van der Waals surface area contributed by atoms with Crippen LogP contribution in [0.3, 0.4) is 0 Å². The zero-order chi connectivity index (χ0) is 18.4. The molecule has 25 heavy (non-hydrogen) atoms. The first kappa shape index (κ1) is 18.9. The SMILES string of the molecule is CC(NC(=O)COc1ccccc1CS(C)(=O)=O)c1ccc(F)cc1. The maximum absolute atomic E-state index is 12.9. The smallest absolute Gasteiger partial charge is 0.258 e. The van der Waals surface area contributed by atoms with E-state index in [0.29, 0.717) is 11.3 Å². The molecule has 5 nitrogen and oxygen atoms in total. The quantitative estimate of drug-likeness (QED) is 0.819. The first-order chi connectivity index (χ1) is 11.7. The molecule has 0 radical (unpaired) electrons. The lowest BCUT2D eigenvalue weighted by atomic mass is 10.1. The maximum atomic E-state index is 12.9. The van der Waals surface area contributed by atoms with Gasteiger partial charge in [0.25, 0.3) is 5.91 Å². The summed E-state index contributed by atoms with van der Waals surface area (Å²) in [7, 11) is -3.21. The van der Waals surface area contributed by atoms with E-state index in [0.717, 1.165) is 11.8 Å². The number of carbonyl (C=O) groups excluding carboxylic acids is 1. The molecule has 2 aromatic rings. The Morgan fingerprint density at radius 3 is 2.44 bits per heavy atom. The predicted octanol–water partition coefficient (Wildman–Crippen LogP) is 2.63. The van der Waals surface area contributed by atoms with Crippen molar-refractivity contribution in [1.82, 2.24) is 5.32 Å². The van der Waals surface area contributed by atoms with Crippen molar-refractivity contribution in [3.05, 3.63) is 65.5 Å². The summed E-state index contributed by atoms with van der Waals surface area (Å²) >= 11 is 0. The van der Waals surface area contributed by atoms with E-state index in [1.54, 1.807) is 43.3 Å². The van der Waals surface area contributed by atoms with Gasteiger partial charge in [0.2, 0.25) is 0 Å². The number of ether oxygens (including phenoxy) is 1. The van der Waals surface area contributed by atoms with E-state index >= 15 is 0 Å². The van der Waals surface area contributed by atoms with E-state index in [1.165, 1.54) is 12.1 Å². The number of nitrogens with one attached hydrogen (secondary N) is 1. The van der Waals surface area contributed by atoms with E-state index in [1.807, 2.05) is 0 Å². The summed E-state index contributed by atoms with van der Waals surface area (Å²) in [6.45, 7) is 1.54. The van der Waals surface area contributed by atoms with E-state index in [4.69, 9.17) is 4.74 Å². The fraction of sp³-hybridized carbons (Fsp3) is 0.278. The van der Waals surface area contributed by atoms with Gasteiger partial charge in [-0.05, 0) is 30.7 Å². The number of hydrogen-bond acceptors (Lipinski definition) is 4. The van der Waals surface area contributed by atoms with E-state index in [-0.39, 0.29) is 30.1 Å². The lowest BCUT2D eigenvalue weighted by Crippen LogP contribution is -2.31. The molecule has 0 spiro atoms. The molecular formula is C18H20FNO4S. The molecule has 0 heterocycles. The van der Waals surface area contributed by atoms with E-state index in [2.05, 4.69) is 5.32 Å². The molecule has 1 atom stereocenters. The number of carbonyl (C=O) groups is 1. The highest BCUT2D eigenvalue weighted by Crippen LogP contribution is 2.20. The van der Waals surface area contributed by atoms with Crippen molar-refractivity contribution in [2.45, 2.75) is 18.7 Å². The zero-order valence-electron chi connectivity index (χ0n) is 14.0. The summed E-state index contributed by atoms with van der Waals surface area (Å²) in [4.78, 5) is 12.0. The zero-order valence-corrected chi connectivity index (χ0v) is 14.8. The van der Waals surface area contributed by atoms with Gasteiger partial charge in [0.1, 0.15) is 11.6 Å². The summed E-state index contributed by atoms with van der Waals surface area (Å²) in [5.41, 5.74) is 1.27. The average molecular weight is 365 g/mol. The van der Waals surface area contributed by atoms with Crippen LogP contribution in [0.2, 0.25) is 0 Å². The second-order valence-corrected chi connectivity index (χ2v) is 7.95. The van der Waals surface area contributed by atoms with Gasteiger partial charge in [-0.3, -0.25) is 4.79 Å². The lowest BCUT2D eigenvalue weighted by Gasteiger charge is -2.15. The van der Waals surface area contributed by atoms with Gasteiger partial charge in [0.15, 0.2) is 16.4 Å². The third-order valence-electron chi connectivity index (χ3n) is 3.50. The second-order valence-electron chi connectivity index (χ2n) is 5.81. The topological polar surface area (TPSA) is 72.5 Å². The molecule has 134 valence electrons. The highest BCUT2D eigenvalue weighted by atomic mass is 32.2. The number of para-hydroxylation sites is 1. The van der Waals surface area contributed by atoms with Crippen LogP contribution in [-0.2, 0) is 20.4 Å². The average Bonchev–Trinajstić information content (AvgIpc) is 2.53. The highest BCUT2D eigenvalue weighted by molar-refractivity contribution is 7.89. The molecule has 0 saturated heterocycles. The molecule has 0 fully saturated rings. The van der Waals surface area contributed by atoms with Gasteiger partial charge in [0, 0.05) is 11.8 Å². The van der Waals surface area contributed by atoms with Crippen molar-refractivity contribution in [2.24, 2.45) is 0 Å². The molecule has 0 aromatic heterocycles. The van der Waals surface area contributed by atoms with Gasteiger partial charge < -0.3 is 10.1 Å². The monoisotopic (exact) mass is 365 g/mol. The molecule has 1 N–H and O–H groups in total. The Morgan fingerprint density at radius 1 is 1.16 bits per heavy atom. The van der Waals surface area contributed by atoms with Crippen LogP contribution in [0, 0.1) is 5.82 Å². The lowest BCUT2D eigenvalue weighted by molar-refractivity contribution is -0.123. The Hall–Kier alpha value is -2.41. The third-order valence-corrected chi connectivity index (χ3v) is 4.33. The largest absolute Gasteiger partial charge is 0.483 e. The number of rotatable bonds is 7. The van der Waals surface area contributed by atoms with Gasteiger partial charge in [-0.25, -0.2) is 12.8 Å². The number of sulfone groups is 1. The van der Waals surface area contributed by atoms with Gasteiger partial charge in [0.05, 0.1) is 11.8 Å². The second kappa shape index (κ2) is 8.11. The molecule has 1 amide bonds. The highest BCUT2D eigenvalue weighted by Gasteiger charge is 2.13. The van der Waals surface area contributed by atoms with Crippen LogP contribution >= 0.6 is 0 Å². The Balaban J connectivity index is 1.95. The fourth-order valence-electron chi connectivity index (χ4n) is 2.31. The van der Waals surface area contributed by atoms with Crippen molar-refractivity contribution in [1.29, 1.82) is 0 Å². The molecule has 0 aliphatic rings. The van der Waals surface area contributed by atoms with Gasteiger partial charge in [-0.15, -0.1) is 0 Å². The molecule has 0 aliphatic carbocycles. The third kappa shape index (κ3) is 6.19. The molecule has 0 aliphatic heterocycles. The van der Waals surface area contributed by atoms with Gasteiger partial charge in [-0.2, -0.15) is 0 Å². The minimum Gasteiger partial charge on any atom is -0.483 e. The Labute approximate surface area is 146 Å². The minimum atomic E-state index is -3.21. The summed E-state index contributed by atoms with van der Waals surface area (Å²) < 4.78 is 41.3. The van der Waals surface area contributed by atoms with Gasteiger partial charge in [-0.1, -0.05) is 30.3 Å². The fourth-order valence-corrected chi connectivity index (χ4v) is 3.11. The normalized spacial score (nSPS) is 12.4. The number of amides is 1. The van der Waals surface area contributed by atoms with E-state index < -0.39 is 9.84 Å². The van der Waals surface area contributed by atoms with Gasteiger partial charge >= 0.3 is 0 Å². The molecule has 7 heteroatoms. The van der Waals surface area contributed by atoms with Crippen LogP contribution < -0.4 is 10.1 Å². The van der Waals surface area contributed by atoms with Crippen molar-refractivity contribution in [3.63, 3.8) is 0 Å². The Bertz CT molecular complexity index is 834. The Kier molecular flexibility index (Phi) is 6.14. The predicted molar refractivity (Wildman–Crippen MR) is 93.4 cm³/mol. The number of benzene rings is 2. The Morgan fingerprint density at radius 2 is 1.80 bits per heavy atom. The van der Waals surface area contributed by atoms with Crippen LogP contribution in [-0.4, -0.2) is 27.2 Å². The van der Waals surface area contributed by atoms with Crippen LogP contribution in [0.25, 0.3) is 0 Å². The molecule has 1 unspecified atom stereocenters. The first-order valence-electron chi connectivity index (χ1n) is 7.68. The summed E-state index contributed by atoms with van der Waals surface area (Å²) in [6.07, 6.45) is 1.14. The number of halogens is 1. The molecule has 2 aromatic carbocycles. The van der Waals surface area contributed by atoms with E-state index in [9.17, 15) is 17.6 Å². The maximum Gasteiger partial charge on any atom is 0.258 e. The standard InChI is InChI=1S/C18H20FNO4S/c1-13(14-7-9-16(19)10-8-14)20-18(21)11-24-17-6-4-3-5-15(17)12-25(2,22)23/h3-10,13H,11-12H2,1-2H3,(H,20,21). The van der Waals surface area contributed by atoms with Crippen LogP contribution in [0.15, 0.2) is 48.5 Å². The summed E-state index contributed by atoms with van der Waals surface area (Å²) in [6, 6.07) is 12.2. The van der Waals surface area contributed by atoms with Crippen LogP contribution in [0.5, 0.6) is 5.75 Å². The van der Waals surface area contributed by atoms with Crippen molar-refractivity contribution >= 4 is 15.7 Å². The number of hydrogen-bond donors (Lipinski definition) is 1. The molecule has 0 bridgehead atoms. The van der Waals surface area contributed by atoms with Crippen molar-refractivity contribution in [2.75, 3.05) is 12.9 Å². The molecule has 2 rings (SSSR count). The minimum absolute atomic E-state index is 0.156. The molecular weight excluding hydrogens is 345 g/mol. The summed E-state index contributed by atoms with van der Waals surface area (Å²) in [5.74, 6) is -0.492. The molecule has 0 saturated carbocycles. The van der Waals surface area contributed by atoms with Crippen molar-refractivity contribution < 1.29 is 22.3 Å². The first-order valence-corrected chi connectivity index (χ1v) is 9.74. The van der Waals surface area contributed by atoms with Crippen LogP contribution in [0.1, 0.15) is 24.1 Å². The summed E-state index contributed by atoms with van der Waals surface area (Å²) in [5, 5.41) is 2.75. The van der Waals surface area contributed by atoms with Crippen molar-refractivity contribution in [3.8, 4) is 5.75 Å².